The van der Waals surface area contributed by atoms with Gasteiger partial charge in [0.25, 0.3) is 5.91 Å². The normalized spacial score (nSPS) is 10.9. The molecule has 6 nitrogen and oxygen atoms in total. The van der Waals surface area contributed by atoms with Crippen LogP contribution in [0.25, 0.3) is 11.0 Å². The number of para-hydroxylation sites is 3. The molecule has 4 rings (SSSR count). The SMILES string of the molecule is O=C(NCCCc1nc2ccccc2n1CCCCOc1ccccc1)c1ccncc1. The number of carbonyl (C=O) groups excluding carboxylic acids is 1. The van der Waals surface area contributed by atoms with E-state index in [4.69, 9.17) is 9.72 Å². The van der Waals surface area contributed by atoms with Gasteiger partial charge in [0.15, 0.2) is 0 Å². The van der Waals surface area contributed by atoms with E-state index in [1.54, 1.807) is 24.5 Å². The Kier molecular flexibility index (Phi) is 7.47. The molecule has 0 aliphatic carbocycles. The molecule has 0 bridgehead atoms. The Morgan fingerprint density at radius 2 is 1.69 bits per heavy atom. The Bertz CT molecular complexity index is 1130. The van der Waals surface area contributed by atoms with Crippen molar-refractivity contribution < 1.29 is 9.53 Å². The molecule has 0 aliphatic rings. The lowest BCUT2D eigenvalue weighted by molar-refractivity contribution is 0.0953. The van der Waals surface area contributed by atoms with Crippen LogP contribution in [-0.2, 0) is 13.0 Å². The fraction of sp³-hybridized carbons (Fsp3) is 0.269. The zero-order valence-electron chi connectivity index (χ0n) is 18.1. The second-order valence-electron chi connectivity index (χ2n) is 7.63. The molecular weight excluding hydrogens is 400 g/mol. The number of ether oxygens (including phenoxy) is 1. The standard InChI is InChI=1S/C26H28N4O2/c31-26(21-14-17-27-18-15-21)28-16-8-13-25-29-23-11-4-5-12-24(23)30(25)19-6-7-20-32-22-9-2-1-3-10-22/h1-5,9-12,14-15,17-18H,6-8,13,16,19-20H2,(H,28,31). The fourth-order valence-corrected chi connectivity index (χ4v) is 3.70. The van der Waals surface area contributed by atoms with Crippen molar-refractivity contribution in [3.8, 4) is 5.75 Å². The maximum atomic E-state index is 12.2. The molecule has 0 radical (unpaired) electrons. The summed E-state index contributed by atoms with van der Waals surface area (Å²) in [6, 6.07) is 21.6. The highest BCUT2D eigenvalue weighted by Gasteiger charge is 2.11. The summed E-state index contributed by atoms with van der Waals surface area (Å²) in [6.07, 6.45) is 6.88. The first-order valence-corrected chi connectivity index (χ1v) is 11.1. The van der Waals surface area contributed by atoms with Crippen LogP contribution in [0.1, 0.15) is 35.4 Å². The highest BCUT2D eigenvalue weighted by atomic mass is 16.5. The van der Waals surface area contributed by atoms with Crippen molar-refractivity contribution in [2.24, 2.45) is 0 Å². The summed E-state index contributed by atoms with van der Waals surface area (Å²) in [5.74, 6) is 1.91. The number of unbranched alkanes of at least 4 members (excludes halogenated alkanes) is 1. The van der Waals surface area contributed by atoms with Crippen molar-refractivity contribution in [3.05, 3.63) is 90.5 Å². The Labute approximate surface area is 188 Å². The molecule has 164 valence electrons. The molecule has 0 atom stereocenters. The lowest BCUT2D eigenvalue weighted by Gasteiger charge is -2.11. The fourth-order valence-electron chi connectivity index (χ4n) is 3.70. The molecular formula is C26H28N4O2. The van der Waals surface area contributed by atoms with E-state index in [-0.39, 0.29) is 5.91 Å². The summed E-state index contributed by atoms with van der Waals surface area (Å²) in [4.78, 5) is 21.0. The number of hydrogen-bond acceptors (Lipinski definition) is 4. The summed E-state index contributed by atoms with van der Waals surface area (Å²) in [5, 5.41) is 2.98. The van der Waals surface area contributed by atoms with Crippen LogP contribution in [0, 0.1) is 0 Å². The first-order valence-electron chi connectivity index (χ1n) is 11.1. The lowest BCUT2D eigenvalue weighted by Crippen LogP contribution is -2.25. The van der Waals surface area contributed by atoms with Gasteiger partial charge in [0.2, 0.25) is 0 Å². The molecule has 32 heavy (non-hydrogen) atoms. The smallest absolute Gasteiger partial charge is 0.251 e. The maximum Gasteiger partial charge on any atom is 0.251 e. The minimum Gasteiger partial charge on any atom is -0.494 e. The van der Waals surface area contributed by atoms with Crippen LogP contribution < -0.4 is 10.1 Å². The number of nitrogens with one attached hydrogen (secondary N) is 1. The third kappa shape index (κ3) is 5.72. The van der Waals surface area contributed by atoms with Crippen LogP contribution in [-0.4, -0.2) is 33.6 Å². The molecule has 0 aliphatic heterocycles. The van der Waals surface area contributed by atoms with Crippen LogP contribution in [0.5, 0.6) is 5.75 Å². The van der Waals surface area contributed by atoms with Gasteiger partial charge in [-0.3, -0.25) is 9.78 Å². The number of carbonyl (C=O) groups is 1. The molecule has 4 aromatic rings. The Morgan fingerprint density at radius 3 is 2.53 bits per heavy atom. The highest BCUT2D eigenvalue weighted by Crippen LogP contribution is 2.18. The predicted molar refractivity (Wildman–Crippen MR) is 126 cm³/mol. The van der Waals surface area contributed by atoms with Crippen molar-refractivity contribution in [1.82, 2.24) is 19.9 Å². The van der Waals surface area contributed by atoms with E-state index in [1.807, 2.05) is 36.4 Å². The first kappa shape index (κ1) is 21.6. The summed E-state index contributed by atoms with van der Waals surface area (Å²) in [6.45, 7) is 2.21. The van der Waals surface area contributed by atoms with E-state index in [0.29, 0.717) is 18.7 Å². The molecule has 0 spiro atoms. The molecule has 1 amide bonds. The van der Waals surface area contributed by atoms with Gasteiger partial charge in [-0.05, 0) is 55.7 Å². The van der Waals surface area contributed by atoms with Gasteiger partial charge >= 0.3 is 0 Å². The van der Waals surface area contributed by atoms with Crippen LogP contribution in [0.3, 0.4) is 0 Å². The summed E-state index contributed by atoms with van der Waals surface area (Å²) < 4.78 is 8.12. The van der Waals surface area contributed by atoms with Crippen LogP contribution in [0.15, 0.2) is 79.1 Å². The maximum absolute atomic E-state index is 12.2. The van der Waals surface area contributed by atoms with Gasteiger partial charge in [0.1, 0.15) is 11.6 Å². The third-order valence-corrected chi connectivity index (χ3v) is 5.33. The molecule has 0 saturated heterocycles. The molecule has 2 aromatic carbocycles. The quantitative estimate of drug-likeness (QED) is 0.353. The number of rotatable bonds is 11. The van der Waals surface area contributed by atoms with Crippen molar-refractivity contribution in [1.29, 1.82) is 0 Å². The first-order chi connectivity index (χ1) is 15.8. The molecule has 6 heteroatoms. The third-order valence-electron chi connectivity index (χ3n) is 5.33. The molecule has 0 saturated carbocycles. The van der Waals surface area contributed by atoms with E-state index >= 15 is 0 Å². The van der Waals surface area contributed by atoms with Crippen molar-refractivity contribution in [2.45, 2.75) is 32.2 Å². The molecule has 1 N–H and O–H groups in total. The minimum atomic E-state index is -0.0701. The van der Waals surface area contributed by atoms with Gasteiger partial charge in [-0.25, -0.2) is 4.98 Å². The number of aromatic nitrogens is 3. The van der Waals surface area contributed by atoms with Crippen LogP contribution in [0.4, 0.5) is 0 Å². The molecule has 2 heterocycles. The number of aryl methyl sites for hydroxylation is 2. The van der Waals surface area contributed by atoms with Crippen LogP contribution >= 0.6 is 0 Å². The minimum absolute atomic E-state index is 0.0701. The Balaban J connectivity index is 1.29. The second kappa shape index (κ2) is 11.1. The number of amides is 1. The Hall–Kier alpha value is -3.67. The topological polar surface area (TPSA) is 69.0 Å². The Morgan fingerprint density at radius 1 is 0.906 bits per heavy atom. The lowest BCUT2D eigenvalue weighted by atomic mass is 10.2. The molecule has 0 unspecified atom stereocenters. The monoisotopic (exact) mass is 428 g/mol. The number of nitrogens with zero attached hydrogens (tertiary/aromatic N) is 3. The predicted octanol–water partition coefficient (Wildman–Crippen LogP) is 4.65. The van der Waals surface area contributed by atoms with Gasteiger partial charge in [0.05, 0.1) is 17.6 Å². The summed E-state index contributed by atoms with van der Waals surface area (Å²) in [7, 11) is 0. The summed E-state index contributed by atoms with van der Waals surface area (Å²) >= 11 is 0. The molecule has 0 fully saturated rings. The zero-order chi connectivity index (χ0) is 22.0. The zero-order valence-corrected chi connectivity index (χ0v) is 18.1. The number of imidazole rings is 1. The summed E-state index contributed by atoms with van der Waals surface area (Å²) in [5.41, 5.74) is 2.81. The largest absolute Gasteiger partial charge is 0.494 e. The average Bonchev–Trinajstić information content (AvgIpc) is 3.20. The number of pyridine rings is 1. The van der Waals surface area contributed by atoms with Gasteiger partial charge in [-0.1, -0.05) is 30.3 Å². The van der Waals surface area contributed by atoms with Crippen molar-refractivity contribution in [3.63, 3.8) is 0 Å². The van der Waals surface area contributed by atoms with E-state index in [2.05, 4.69) is 33.1 Å². The second-order valence-corrected chi connectivity index (χ2v) is 7.63. The number of hydrogen-bond donors (Lipinski definition) is 1. The number of benzene rings is 2. The van der Waals surface area contributed by atoms with Gasteiger partial charge in [-0.2, -0.15) is 0 Å². The van der Waals surface area contributed by atoms with Crippen molar-refractivity contribution in [2.75, 3.05) is 13.2 Å². The van der Waals surface area contributed by atoms with Gasteiger partial charge < -0.3 is 14.6 Å². The van der Waals surface area contributed by atoms with E-state index < -0.39 is 0 Å². The van der Waals surface area contributed by atoms with E-state index in [0.717, 1.165) is 54.8 Å². The van der Waals surface area contributed by atoms with E-state index in [9.17, 15) is 4.79 Å². The highest BCUT2D eigenvalue weighted by molar-refractivity contribution is 5.93. The van der Waals surface area contributed by atoms with Crippen molar-refractivity contribution >= 4 is 16.9 Å². The van der Waals surface area contributed by atoms with Crippen LogP contribution in [0.2, 0.25) is 0 Å². The molecule has 2 aromatic heterocycles. The van der Waals surface area contributed by atoms with Gasteiger partial charge in [0, 0.05) is 37.5 Å². The average molecular weight is 429 g/mol. The van der Waals surface area contributed by atoms with E-state index in [1.165, 1.54) is 0 Å². The van der Waals surface area contributed by atoms with Gasteiger partial charge in [-0.15, -0.1) is 0 Å². The number of fused-ring (bicyclic) bond motifs is 1.